The number of aromatic nitrogens is 3. The minimum atomic E-state index is 0.544. The molecule has 0 aliphatic heterocycles. The Morgan fingerprint density at radius 3 is 3.07 bits per heavy atom. The predicted molar refractivity (Wildman–Crippen MR) is 51.3 cm³/mol. The summed E-state index contributed by atoms with van der Waals surface area (Å²) in [6.45, 7) is 0. The summed E-state index contributed by atoms with van der Waals surface area (Å²) >= 11 is 0. The molecule has 3 rings (SSSR count). The molecule has 70 valence electrons. The van der Waals surface area contributed by atoms with Crippen LogP contribution in [0.3, 0.4) is 0 Å². The summed E-state index contributed by atoms with van der Waals surface area (Å²) in [4.78, 5) is 22.3. The lowest BCUT2D eigenvalue weighted by molar-refractivity contribution is 0.112. The summed E-state index contributed by atoms with van der Waals surface area (Å²) in [5, 5.41) is 0.810. The Morgan fingerprint density at radius 2 is 2.36 bits per heavy atom. The number of carbonyl (C=O) groups excluding carboxylic acids is 1. The van der Waals surface area contributed by atoms with Crippen LogP contribution in [0.2, 0.25) is 0 Å². The maximum atomic E-state index is 10.6. The van der Waals surface area contributed by atoms with E-state index < -0.39 is 0 Å². The summed E-state index contributed by atoms with van der Waals surface area (Å²) in [6.07, 6.45) is 6.59. The van der Waals surface area contributed by atoms with Crippen LogP contribution in [0.5, 0.6) is 0 Å². The van der Waals surface area contributed by atoms with E-state index in [0.29, 0.717) is 11.5 Å². The maximum Gasteiger partial charge on any atom is 0.152 e. The fourth-order valence-electron chi connectivity index (χ4n) is 1.58. The van der Waals surface area contributed by atoms with Crippen molar-refractivity contribution in [3.63, 3.8) is 0 Å². The zero-order chi connectivity index (χ0) is 9.54. The van der Waals surface area contributed by atoms with E-state index in [1.165, 1.54) is 12.8 Å². The smallest absolute Gasteiger partial charge is 0.152 e. The molecule has 0 bridgehead atoms. The minimum absolute atomic E-state index is 0.544. The largest absolute Gasteiger partial charge is 0.345 e. The van der Waals surface area contributed by atoms with Crippen LogP contribution >= 0.6 is 0 Å². The van der Waals surface area contributed by atoms with Crippen LogP contribution in [-0.2, 0) is 0 Å². The molecule has 0 unspecified atom stereocenters. The Labute approximate surface area is 80.4 Å². The maximum absolute atomic E-state index is 10.6. The number of nitrogens with zero attached hydrogens (tertiary/aromatic N) is 2. The molecular formula is C10H9N3O. The zero-order valence-corrected chi connectivity index (χ0v) is 7.53. The van der Waals surface area contributed by atoms with Gasteiger partial charge in [0.25, 0.3) is 0 Å². The molecule has 2 aromatic rings. The lowest BCUT2D eigenvalue weighted by Crippen LogP contribution is -1.91. The van der Waals surface area contributed by atoms with E-state index in [1.54, 1.807) is 12.4 Å². The van der Waals surface area contributed by atoms with E-state index in [9.17, 15) is 4.79 Å². The number of aromatic amines is 1. The van der Waals surface area contributed by atoms with Gasteiger partial charge in [0.2, 0.25) is 0 Å². The number of rotatable bonds is 2. The lowest BCUT2D eigenvalue weighted by Gasteiger charge is -1.95. The van der Waals surface area contributed by atoms with Gasteiger partial charge in [-0.15, -0.1) is 0 Å². The number of H-pyrrole nitrogens is 1. The van der Waals surface area contributed by atoms with Gasteiger partial charge in [0.05, 0.1) is 0 Å². The number of aldehydes is 1. The van der Waals surface area contributed by atoms with Gasteiger partial charge in [-0.3, -0.25) is 4.79 Å². The van der Waals surface area contributed by atoms with E-state index in [0.717, 1.165) is 23.1 Å². The molecule has 0 aromatic carbocycles. The molecule has 0 spiro atoms. The fraction of sp³-hybridized carbons (Fsp3) is 0.300. The highest BCUT2D eigenvalue weighted by Crippen LogP contribution is 2.38. The third-order valence-corrected chi connectivity index (χ3v) is 2.55. The zero-order valence-electron chi connectivity index (χ0n) is 7.53. The van der Waals surface area contributed by atoms with E-state index in [2.05, 4.69) is 15.0 Å². The first-order chi connectivity index (χ1) is 6.88. The van der Waals surface area contributed by atoms with Gasteiger partial charge < -0.3 is 4.98 Å². The minimum Gasteiger partial charge on any atom is -0.345 e. The molecule has 1 aliphatic rings. The van der Waals surface area contributed by atoms with Crippen LogP contribution in [0, 0.1) is 0 Å². The van der Waals surface area contributed by atoms with Crippen molar-refractivity contribution in [3.05, 3.63) is 23.8 Å². The van der Waals surface area contributed by atoms with E-state index >= 15 is 0 Å². The number of hydrogen-bond acceptors (Lipinski definition) is 3. The van der Waals surface area contributed by atoms with Gasteiger partial charge in [-0.2, -0.15) is 0 Å². The molecule has 0 radical (unpaired) electrons. The van der Waals surface area contributed by atoms with E-state index in [-0.39, 0.29) is 0 Å². The second-order valence-electron chi connectivity index (χ2n) is 3.63. The molecule has 0 amide bonds. The number of hydrogen-bond donors (Lipinski definition) is 1. The summed E-state index contributed by atoms with van der Waals surface area (Å²) in [6, 6.07) is 0. The van der Waals surface area contributed by atoms with E-state index in [1.807, 2.05) is 0 Å². The quantitative estimate of drug-likeness (QED) is 0.727. The van der Waals surface area contributed by atoms with E-state index in [4.69, 9.17) is 0 Å². The summed E-state index contributed by atoms with van der Waals surface area (Å²) in [5.41, 5.74) is 1.39. The third kappa shape index (κ3) is 1.04. The van der Waals surface area contributed by atoms with Crippen molar-refractivity contribution in [2.75, 3.05) is 0 Å². The monoisotopic (exact) mass is 187 g/mol. The predicted octanol–water partition coefficient (Wildman–Crippen LogP) is 1.65. The molecule has 0 atom stereocenters. The average molecular weight is 187 g/mol. The molecule has 2 aromatic heterocycles. The fourth-order valence-corrected chi connectivity index (χ4v) is 1.58. The van der Waals surface area contributed by atoms with Crippen LogP contribution in [0.25, 0.3) is 11.0 Å². The van der Waals surface area contributed by atoms with Gasteiger partial charge in [0.1, 0.15) is 11.5 Å². The second kappa shape index (κ2) is 2.64. The van der Waals surface area contributed by atoms with Crippen LogP contribution < -0.4 is 0 Å². The summed E-state index contributed by atoms with van der Waals surface area (Å²) in [7, 11) is 0. The van der Waals surface area contributed by atoms with Crippen molar-refractivity contribution in [1.82, 2.24) is 15.0 Å². The molecule has 1 fully saturated rings. The first-order valence-corrected chi connectivity index (χ1v) is 4.67. The summed E-state index contributed by atoms with van der Waals surface area (Å²) < 4.78 is 0. The molecule has 2 heterocycles. The molecular weight excluding hydrogens is 178 g/mol. The highest BCUT2D eigenvalue weighted by Gasteiger charge is 2.26. The Morgan fingerprint density at radius 1 is 1.50 bits per heavy atom. The Hall–Kier alpha value is -1.71. The van der Waals surface area contributed by atoms with Crippen molar-refractivity contribution >= 4 is 17.3 Å². The first-order valence-electron chi connectivity index (χ1n) is 4.67. The molecule has 1 aliphatic carbocycles. The van der Waals surface area contributed by atoms with Crippen LogP contribution in [-0.4, -0.2) is 21.2 Å². The molecule has 1 saturated carbocycles. The first kappa shape index (κ1) is 7.67. The van der Waals surface area contributed by atoms with Crippen LogP contribution in [0.1, 0.15) is 34.9 Å². The van der Waals surface area contributed by atoms with Gasteiger partial charge in [-0.05, 0) is 12.8 Å². The molecule has 0 saturated heterocycles. The van der Waals surface area contributed by atoms with Crippen molar-refractivity contribution in [3.8, 4) is 0 Å². The van der Waals surface area contributed by atoms with Gasteiger partial charge in [0, 0.05) is 29.3 Å². The molecule has 4 heteroatoms. The number of fused-ring (bicyclic) bond motifs is 1. The molecule has 1 N–H and O–H groups in total. The SMILES string of the molecule is O=Cc1c[nH]c2nc(C3CC3)ncc12. The van der Waals surface area contributed by atoms with Gasteiger partial charge >= 0.3 is 0 Å². The van der Waals surface area contributed by atoms with Gasteiger partial charge in [-0.1, -0.05) is 0 Å². The number of carbonyl (C=O) groups is 1. The van der Waals surface area contributed by atoms with Crippen molar-refractivity contribution in [2.45, 2.75) is 18.8 Å². The average Bonchev–Trinajstić information content (AvgIpc) is 2.98. The van der Waals surface area contributed by atoms with Crippen LogP contribution in [0.4, 0.5) is 0 Å². The Kier molecular flexibility index (Phi) is 1.45. The van der Waals surface area contributed by atoms with Crippen molar-refractivity contribution in [2.24, 2.45) is 0 Å². The second-order valence-corrected chi connectivity index (χ2v) is 3.63. The molecule has 14 heavy (non-hydrogen) atoms. The summed E-state index contributed by atoms with van der Waals surface area (Å²) in [5.74, 6) is 1.44. The topological polar surface area (TPSA) is 58.6 Å². The molecule has 4 nitrogen and oxygen atoms in total. The highest BCUT2D eigenvalue weighted by molar-refractivity contribution is 5.95. The normalized spacial score (nSPS) is 16.0. The Bertz CT molecular complexity index is 499. The van der Waals surface area contributed by atoms with Crippen LogP contribution in [0.15, 0.2) is 12.4 Å². The standard InChI is InChI=1S/C10H9N3O/c14-5-7-3-11-10-8(7)4-12-9(13-10)6-1-2-6/h3-6H,1-2H2,(H,11,12,13). The third-order valence-electron chi connectivity index (χ3n) is 2.55. The number of nitrogens with one attached hydrogen (secondary N) is 1. The highest BCUT2D eigenvalue weighted by atomic mass is 16.1. The Balaban J connectivity index is 2.19. The van der Waals surface area contributed by atoms with Crippen molar-refractivity contribution < 1.29 is 4.79 Å². The van der Waals surface area contributed by atoms with Crippen molar-refractivity contribution in [1.29, 1.82) is 0 Å². The van der Waals surface area contributed by atoms with Gasteiger partial charge in [0.15, 0.2) is 6.29 Å². The van der Waals surface area contributed by atoms with Gasteiger partial charge in [-0.25, -0.2) is 9.97 Å². The lowest BCUT2D eigenvalue weighted by atomic mass is 10.2.